The van der Waals surface area contributed by atoms with Crippen LogP contribution in [-0.4, -0.2) is 56.4 Å². The van der Waals surface area contributed by atoms with Crippen LogP contribution >= 0.6 is 0 Å². The van der Waals surface area contributed by atoms with Gasteiger partial charge in [0, 0.05) is 25.8 Å². The Morgan fingerprint density at radius 1 is 1.44 bits per heavy atom. The molecule has 1 aliphatic rings. The van der Waals surface area contributed by atoms with Gasteiger partial charge in [0.1, 0.15) is 5.69 Å². The molecule has 0 aromatic carbocycles. The predicted octanol–water partition coefficient (Wildman–Crippen LogP) is -1.29. The topological polar surface area (TPSA) is 115 Å². The minimum atomic E-state index is -0.728. The lowest BCUT2D eigenvalue weighted by Crippen LogP contribution is -2.25. The molecule has 2 unspecified atom stereocenters. The van der Waals surface area contributed by atoms with Crippen molar-refractivity contribution in [2.75, 3.05) is 13.1 Å². The summed E-state index contributed by atoms with van der Waals surface area (Å²) in [6, 6.07) is 3.57. The van der Waals surface area contributed by atoms with Gasteiger partial charge in [-0.3, -0.25) is 9.88 Å². The number of nitrogens with two attached hydrogens (primary N) is 1. The van der Waals surface area contributed by atoms with Crippen molar-refractivity contribution < 1.29 is 15.4 Å². The van der Waals surface area contributed by atoms with Gasteiger partial charge in [0.15, 0.2) is 5.84 Å². The smallest absolute Gasteiger partial charge is 0.189 e. The Bertz CT molecular complexity index is 442. The summed E-state index contributed by atoms with van der Waals surface area (Å²) in [6.45, 7) is 1.27. The van der Waals surface area contributed by atoms with E-state index in [1.54, 1.807) is 12.3 Å². The van der Waals surface area contributed by atoms with E-state index in [4.69, 9.17) is 10.9 Å². The molecule has 98 valence electrons. The molecule has 0 saturated carbocycles. The van der Waals surface area contributed by atoms with Crippen molar-refractivity contribution in [1.29, 1.82) is 0 Å². The van der Waals surface area contributed by atoms with Gasteiger partial charge in [0.2, 0.25) is 0 Å². The van der Waals surface area contributed by atoms with E-state index >= 15 is 0 Å². The molecule has 7 heteroatoms. The molecule has 2 heterocycles. The first kappa shape index (κ1) is 12.7. The average molecular weight is 252 g/mol. The van der Waals surface area contributed by atoms with Gasteiger partial charge < -0.3 is 21.2 Å². The van der Waals surface area contributed by atoms with E-state index in [0.29, 0.717) is 25.3 Å². The largest absolute Gasteiger partial charge is 0.409 e. The maximum atomic E-state index is 9.48. The first-order valence-corrected chi connectivity index (χ1v) is 5.62. The molecule has 2 rings (SSSR count). The van der Waals surface area contributed by atoms with Crippen LogP contribution < -0.4 is 5.73 Å². The fourth-order valence-corrected chi connectivity index (χ4v) is 2.06. The van der Waals surface area contributed by atoms with Crippen LogP contribution in [-0.2, 0) is 6.54 Å². The van der Waals surface area contributed by atoms with Gasteiger partial charge in [-0.15, -0.1) is 0 Å². The number of aliphatic hydroxyl groups is 2. The second kappa shape index (κ2) is 5.30. The van der Waals surface area contributed by atoms with E-state index in [0.717, 1.165) is 5.56 Å². The van der Waals surface area contributed by atoms with E-state index in [9.17, 15) is 10.2 Å². The summed E-state index contributed by atoms with van der Waals surface area (Å²) in [5.74, 6) is -0.0501. The van der Waals surface area contributed by atoms with Crippen molar-refractivity contribution in [3.63, 3.8) is 0 Å². The lowest BCUT2D eigenvalue weighted by atomic mass is 10.1. The minimum Gasteiger partial charge on any atom is -0.409 e. The van der Waals surface area contributed by atoms with Crippen molar-refractivity contribution in [1.82, 2.24) is 9.88 Å². The molecule has 5 N–H and O–H groups in total. The van der Waals surface area contributed by atoms with Crippen LogP contribution in [0.1, 0.15) is 11.3 Å². The second-order valence-electron chi connectivity index (χ2n) is 4.33. The standard InChI is InChI=1S/C11H16N4O3/c12-11(14-18)10-7(2-1-3-13-10)4-15-5-8(16)9(17)6-15/h1-3,8-9,16-18H,4-6H2,(H2,12,14). The van der Waals surface area contributed by atoms with Gasteiger partial charge in [0.05, 0.1) is 12.2 Å². The van der Waals surface area contributed by atoms with Gasteiger partial charge in [-0.2, -0.15) is 0 Å². The third-order valence-corrected chi connectivity index (χ3v) is 2.97. The number of rotatable bonds is 3. The van der Waals surface area contributed by atoms with E-state index in [-0.39, 0.29) is 5.84 Å². The van der Waals surface area contributed by atoms with E-state index in [1.165, 1.54) is 0 Å². The van der Waals surface area contributed by atoms with E-state index in [1.807, 2.05) is 11.0 Å². The van der Waals surface area contributed by atoms with Crippen LogP contribution in [0, 0.1) is 0 Å². The first-order valence-electron chi connectivity index (χ1n) is 5.62. The number of hydrogen-bond donors (Lipinski definition) is 4. The fourth-order valence-electron chi connectivity index (χ4n) is 2.06. The minimum absolute atomic E-state index is 0.0501. The number of pyridine rings is 1. The Balaban J connectivity index is 2.15. The van der Waals surface area contributed by atoms with Gasteiger partial charge in [0.25, 0.3) is 0 Å². The zero-order valence-electron chi connectivity index (χ0n) is 9.77. The zero-order valence-corrected chi connectivity index (χ0v) is 9.77. The highest BCUT2D eigenvalue weighted by molar-refractivity contribution is 5.96. The normalized spacial score (nSPS) is 25.6. The number of β-amino-alcohol motifs (C(OH)–C–C–N with tert-alkyl or cyclic N) is 2. The molecule has 0 bridgehead atoms. The van der Waals surface area contributed by atoms with Gasteiger partial charge in [-0.05, 0) is 11.6 Å². The Labute approximate surface area is 104 Å². The number of oxime groups is 1. The Morgan fingerprint density at radius 2 is 2.11 bits per heavy atom. The van der Waals surface area contributed by atoms with Crippen molar-refractivity contribution >= 4 is 5.84 Å². The number of hydrogen-bond acceptors (Lipinski definition) is 6. The SMILES string of the molecule is N/C(=N/O)c1ncccc1CN1CC(O)C(O)C1. The Hall–Kier alpha value is -1.70. The molecule has 18 heavy (non-hydrogen) atoms. The Morgan fingerprint density at radius 3 is 2.72 bits per heavy atom. The first-order chi connectivity index (χ1) is 8.61. The summed E-state index contributed by atoms with van der Waals surface area (Å²) >= 11 is 0. The Kier molecular flexibility index (Phi) is 3.75. The van der Waals surface area contributed by atoms with Gasteiger partial charge >= 0.3 is 0 Å². The molecule has 1 fully saturated rings. The van der Waals surface area contributed by atoms with Crippen LogP contribution in [0.3, 0.4) is 0 Å². The molecule has 2 atom stereocenters. The molecule has 0 radical (unpaired) electrons. The number of aliphatic hydroxyl groups excluding tert-OH is 2. The second-order valence-corrected chi connectivity index (χ2v) is 4.33. The molecule has 0 aliphatic carbocycles. The zero-order chi connectivity index (χ0) is 13.1. The molecular formula is C11H16N4O3. The molecule has 1 aliphatic heterocycles. The van der Waals surface area contributed by atoms with E-state index in [2.05, 4.69) is 10.1 Å². The van der Waals surface area contributed by atoms with Crippen molar-refractivity contribution in [3.05, 3.63) is 29.6 Å². The maximum Gasteiger partial charge on any atom is 0.189 e. The summed E-state index contributed by atoms with van der Waals surface area (Å²) < 4.78 is 0. The highest BCUT2D eigenvalue weighted by Gasteiger charge is 2.29. The highest BCUT2D eigenvalue weighted by Crippen LogP contribution is 2.15. The summed E-state index contributed by atoms with van der Waals surface area (Å²) in [5, 5.41) is 30.6. The third-order valence-electron chi connectivity index (χ3n) is 2.97. The van der Waals surface area contributed by atoms with Crippen molar-refractivity contribution in [2.45, 2.75) is 18.8 Å². The maximum absolute atomic E-state index is 9.48. The van der Waals surface area contributed by atoms with Crippen LogP contribution in [0.5, 0.6) is 0 Å². The highest BCUT2D eigenvalue weighted by atomic mass is 16.4. The molecule has 1 aromatic rings. The van der Waals surface area contributed by atoms with Crippen LogP contribution in [0.15, 0.2) is 23.5 Å². The molecule has 1 aromatic heterocycles. The monoisotopic (exact) mass is 252 g/mol. The molecule has 7 nitrogen and oxygen atoms in total. The number of amidine groups is 1. The summed E-state index contributed by atoms with van der Waals surface area (Å²) in [6.07, 6.45) is 0.104. The van der Waals surface area contributed by atoms with Crippen LogP contribution in [0.25, 0.3) is 0 Å². The quantitative estimate of drug-likeness (QED) is 0.230. The number of aromatic nitrogens is 1. The molecule has 1 saturated heterocycles. The van der Waals surface area contributed by atoms with Crippen LogP contribution in [0.4, 0.5) is 0 Å². The van der Waals surface area contributed by atoms with Gasteiger partial charge in [-0.1, -0.05) is 11.2 Å². The third kappa shape index (κ3) is 2.58. The van der Waals surface area contributed by atoms with Crippen molar-refractivity contribution in [3.8, 4) is 0 Å². The van der Waals surface area contributed by atoms with Crippen molar-refractivity contribution in [2.24, 2.45) is 10.9 Å². The molecule has 0 amide bonds. The summed E-state index contributed by atoms with van der Waals surface area (Å²) in [5.41, 5.74) is 6.74. The van der Waals surface area contributed by atoms with E-state index < -0.39 is 12.2 Å². The van der Waals surface area contributed by atoms with Crippen LogP contribution in [0.2, 0.25) is 0 Å². The number of nitrogens with zero attached hydrogens (tertiary/aromatic N) is 3. The molecular weight excluding hydrogens is 236 g/mol. The summed E-state index contributed by atoms with van der Waals surface area (Å²) in [4.78, 5) is 5.95. The fraction of sp³-hybridized carbons (Fsp3) is 0.455. The molecule has 0 spiro atoms. The average Bonchev–Trinajstić information content (AvgIpc) is 2.68. The lowest BCUT2D eigenvalue weighted by Gasteiger charge is -2.16. The lowest BCUT2D eigenvalue weighted by molar-refractivity contribution is 0.0572. The van der Waals surface area contributed by atoms with Gasteiger partial charge in [-0.25, -0.2) is 0 Å². The number of likely N-dealkylation sites (tertiary alicyclic amines) is 1. The predicted molar refractivity (Wildman–Crippen MR) is 64.0 cm³/mol. The summed E-state index contributed by atoms with van der Waals surface area (Å²) in [7, 11) is 0.